The number of hydrogen-bond acceptors (Lipinski definition) is 2. The van der Waals surface area contributed by atoms with Crippen LogP contribution in [0, 0.1) is 0 Å². The monoisotopic (exact) mass is 257 g/mol. The molecule has 0 aromatic heterocycles. The molecule has 1 N–H and O–H groups in total. The van der Waals surface area contributed by atoms with Crippen LogP contribution in [0.15, 0.2) is 23.1 Å². The van der Waals surface area contributed by atoms with Gasteiger partial charge in [0.1, 0.15) is 0 Å². The van der Waals surface area contributed by atoms with E-state index in [9.17, 15) is 0 Å². The Kier molecular flexibility index (Phi) is 5.16. The van der Waals surface area contributed by atoms with Gasteiger partial charge >= 0.3 is 0 Å². The molecule has 0 aliphatic rings. The molecular formula is C13H20ClNS. The SMILES string of the molecule is CCSc1ccc(CNC(C)(C)C)c(Cl)c1. The summed E-state index contributed by atoms with van der Waals surface area (Å²) in [6, 6.07) is 6.30. The summed E-state index contributed by atoms with van der Waals surface area (Å²) in [5.41, 5.74) is 1.29. The molecule has 0 aliphatic carbocycles. The summed E-state index contributed by atoms with van der Waals surface area (Å²) in [4.78, 5) is 1.24. The van der Waals surface area contributed by atoms with Crippen LogP contribution < -0.4 is 5.32 Å². The Balaban J connectivity index is 2.68. The highest BCUT2D eigenvalue weighted by Crippen LogP contribution is 2.25. The predicted octanol–water partition coefficient (Wildman–Crippen LogP) is 4.34. The molecule has 1 aromatic carbocycles. The standard InChI is InChI=1S/C13H20ClNS/c1-5-16-11-7-6-10(12(14)8-11)9-15-13(2,3)4/h6-8,15H,5,9H2,1-4H3. The summed E-state index contributed by atoms with van der Waals surface area (Å²) in [5.74, 6) is 1.08. The predicted molar refractivity (Wildman–Crippen MR) is 74.4 cm³/mol. The molecule has 0 heterocycles. The molecule has 0 fully saturated rings. The van der Waals surface area contributed by atoms with E-state index >= 15 is 0 Å². The van der Waals surface area contributed by atoms with Crippen molar-refractivity contribution in [3.05, 3.63) is 28.8 Å². The molecule has 0 atom stereocenters. The lowest BCUT2D eigenvalue weighted by atomic mass is 10.1. The topological polar surface area (TPSA) is 12.0 Å². The van der Waals surface area contributed by atoms with Gasteiger partial charge in [-0.25, -0.2) is 0 Å². The van der Waals surface area contributed by atoms with Gasteiger partial charge in [0.25, 0.3) is 0 Å². The first-order valence-electron chi connectivity index (χ1n) is 5.58. The van der Waals surface area contributed by atoms with Gasteiger partial charge in [0.2, 0.25) is 0 Å². The number of thioether (sulfide) groups is 1. The van der Waals surface area contributed by atoms with E-state index in [2.05, 4.69) is 51.2 Å². The maximum atomic E-state index is 6.24. The first kappa shape index (κ1) is 13.9. The van der Waals surface area contributed by atoms with Crippen LogP contribution in [0.4, 0.5) is 0 Å². The molecule has 0 amide bonds. The van der Waals surface area contributed by atoms with E-state index in [4.69, 9.17) is 11.6 Å². The van der Waals surface area contributed by atoms with Crippen molar-refractivity contribution in [2.45, 2.75) is 44.7 Å². The third kappa shape index (κ3) is 4.77. The van der Waals surface area contributed by atoms with Crippen molar-refractivity contribution in [2.24, 2.45) is 0 Å². The minimum atomic E-state index is 0.125. The summed E-state index contributed by atoms with van der Waals surface area (Å²) in [7, 11) is 0. The van der Waals surface area contributed by atoms with Crippen LogP contribution >= 0.6 is 23.4 Å². The Labute approximate surface area is 108 Å². The summed E-state index contributed by atoms with van der Waals surface area (Å²) in [6.07, 6.45) is 0. The first-order valence-corrected chi connectivity index (χ1v) is 6.95. The van der Waals surface area contributed by atoms with Crippen molar-refractivity contribution in [3.63, 3.8) is 0 Å². The van der Waals surface area contributed by atoms with E-state index in [-0.39, 0.29) is 5.54 Å². The van der Waals surface area contributed by atoms with Crippen molar-refractivity contribution < 1.29 is 0 Å². The molecule has 1 aromatic rings. The van der Waals surface area contributed by atoms with E-state index in [1.165, 1.54) is 4.90 Å². The third-order valence-electron chi connectivity index (χ3n) is 2.14. The second-order valence-electron chi connectivity index (χ2n) is 4.79. The molecule has 0 saturated carbocycles. The van der Waals surface area contributed by atoms with Crippen LogP contribution in [0.2, 0.25) is 5.02 Å². The average Bonchev–Trinajstić information content (AvgIpc) is 2.15. The number of benzene rings is 1. The van der Waals surface area contributed by atoms with Crippen LogP contribution in [-0.4, -0.2) is 11.3 Å². The van der Waals surface area contributed by atoms with E-state index in [1.807, 2.05) is 11.8 Å². The minimum Gasteiger partial charge on any atom is -0.308 e. The van der Waals surface area contributed by atoms with Gasteiger partial charge in [0.05, 0.1) is 0 Å². The zero-order valence-corrected chi connectivity index (χ0v) is 12.0. The minimum absolute atomic E-state index is 0.125. The smallest absolute Gasteiger partial charge is 0.0462 e. The Morgan fingerprint density at radius 3 is 2.50 bits per heavy atom. The fourth-order valence-electron chi connectivity index (χ4n) is 1.29. The Hall–Kier alpha value is -0.180. The van der Waals surface area contributed by atoms with Gasteiger partial charge in [-0.3, -0.25) is 0 Å². The van der Waals surface area contributed by atoms with E-state index in [1.54, 1.807) is 0 Å². The average molecular weight is 258 g/mol. The van der Waals surface area contributed by atoms with E-state index < -0.39 is 0 Å². The summed E-state index contributed by atoms with van der Waals surface area (Å²) in [5, 5.41) is 4.30. The van der Waals surface area contributed by atoms with Crippen molar-refractivity contribution in [2.75, 3.05) is 5.75 Å². The number of nitrogens with one attached hydrogen (secondary N) is 1. The summed E-state index contributed by atoms with van der Waals surface area (Å²) in [6.45, 7) is 9.43. The fourth-order valence-corrected chi connectivity index (χ4v) is 2.30. The molecule has 90 valence electrons. The lowest BCUT2D eigenvalue weighted by Gasteiger charge is -2.21. The molecule has 0 saturated heterocycles. The number of halogens is 1. The largest absolute Gasteiger partial charge is 0.308 e. The van der Waals surface area contributed by atoms with Crippen LogP contribution in [0.1, 0.15) is 33.3 Å². The normalized spacial score (nSPS) is 11.8. The molecule has 1 nitrogen and oxygen atoms in total. The van der Waals surface area contributed by atoms with Crippen LogP contribution in [0.5, 0.6) is 0 Å². The first-order chi connectivity index (χ1) is 7.42. The summed E-state index contributed by atoms with van der Waals surface area (Å²) >= 11 is 8.06. The fraction of sp³-hybridized carbons (Fsp3) is 0.538. The lowest BCUT2D eigenvalue weighted by Crippen LogP contribution is -2.35. The van der Waals surface area contributed by atoms with Gasteiger partial charge in [0, 0.05) is 22.0 Å². The number of rotatable bonds is 4. The maximum Gasteiger partial charge on any atom is 0.0462 e. The molecule has 1 rings (SSSR count). The molecule has 0 unspecified atom stereocenters. The Morgan fingerprint density at radius 2 is 2.00 bits per heavy atom. The zero-order chi connectivity index (χ0) is 12.2. The highest BCUT2D eigenvalue weighted by atomic mass is 35.5. The van der Waals surface area contributed by atoms with Gasteiger partial charge in [-0.2, -0.15) is 0 Å². The Bertz CT molecular complexity index is 344. The molecule has 0 bridgehead atoms. The lowest BCUT2D eigenvalue weighted by molar-refractivity contribution is 0.424. The van der Waals surface area contributed by atoms with Crippen molar-refractivity contribution in [1.29, 1.82) is 0 Å². The van der Waals surface area contributed by atoms with Gasteiger partial charge in [-0.15, -0.1) is 11.8 Å². The summed E-state index contributed by atoms with van der Waals surface area (Å²) < 4.78 is 0. The van der Waals surface area contributed by atoms with E-state index in [0.29, 0.717) is 0 Å². The van der Waals surface area contributed by atoms with Crippen molar-refractivity contribution >= 4 is 23.4 Å². The van der Waals surface area contributed by atoms with Crippen molar-refractivity contribution in [1.82, 2.24) is 5.32 Å². The molecule has 16 heavy (non-hydrogen) atoms. The molecular weight excluding hydrogens is 238 g/mol. The van der Waals surface area contributed by atoms with E-state index in [0.717, 1.165) is 22.9 Å². The van der Waals surface area contributed by atoms with Crippen LogP contribution in [-0.2, 0) is 6.54 Å². The van der Waals surface area contributed by atoms with Gasteiger partial charge < -0.3 is 5.32 Å². The highest BCUT2D eigenvalue weighted by molar-refractivity contribution is 7.99. The quantitative estimate of drug-likeness (QED) is 0.806. The van der Waals surface area contributed by atoms with Crippen LogP contribution in [0.3, 0.4) is 0 Å². The molecule has 3 heteroatoms. The molecule has 0 aliphatic heterocycles. The maximum absolute atomic E-state index is 6.24. The van der Waals surface area contributed by atoms with Crippen LogP contribution in [0.25, 0.3) is 0 Å². The molecule has 0 radical (unpaired) electrons. The molecule has 0 spiro atoms. The second-order valence-corrected chi connectivity index (χ2v) is 6.53. The zero-order valence-electron chi connectivity index (χ0n) is 10.4. The van der Waals surface area contributed by atoms with Gasteiger partial charge in [-0.05, 0) is 44.2 Å². The third-order valence-corrected chi connectivity index (χ3v) is 3.37. The van der Waals surface area contributed by atoms with Gasteiger partial charge in [-0.1, -0.05) is 24.6 Å². The highest BCUT2D eigenvalue weighted by Gasteiger charge is 2.10. The number of hydrogen-bond donors (Lipinski definition) is 1. The second kappa shape index (κ2) is 5.95. The van der Waals surface area contributed by atoms with Crippen molar-refractivity contribution in [3.8, 4) is 0 Å². The Morgan fingerprint density at radius 1 is 1.31 bits per heavy atom. The van der Waals surface area contributed by atoms with Gasteiger partial charge in [0.15, 0.2) is 0 Å².